The fourth-order valence-corrected chi connectivity index (χ4v) is 2.44. The van der Waals surface area contributed by atoms with Crippen LogP contribution < -0.4 is 0 Å². The first-order valence-corrected chi connectivity index (χ1v) is 6.01. The summed E-state index contributed by atoms with van der Waals surface area (Å²) in [6, 6.07) is 6.97. The van der Waals surface area contributed by atoms with Gasteiger partial charge in [0.05, 0.1) is 0 Å². The minimum absolute atomic E-state index is 0.795. The third-order valence-electron chi connectivity index (χ3n) is 2.74. The van der Waals surface area contributed by atoms with Crippen molar-refractivity contribution in [2.75, 3.05) is 0 Å². The van der Waals surface area contributed by atoms with Crippen LogP contribution >= 0.6 is 22.6 Å². The number of benzene rings is 1. The smallest absolute Gasteiger partial charge is 0.0247 e. The maximum absolute atomic E-state index is 2.42. The predicted octanol–water partition coefficient (Wildman–Crippen LogP) is 3.67. The highest BCUT2D eigenvalue weighted by molar-refractivity contribution is 14.1. The second-order valence-electron chi connectivity index (χ2n) is 3.61. The standard InChI is InChI=1S/C11H13I/c1-8-2-4-10-6-9(7-12)3-5-11(8)10/h3,5-6,8H,2,4,7H2,1H3/t8-/m1/s1. The number of rotatable bonds is 1. The molecule has 1 aromatic carbocycles. The number of aryl methyl sites for hydroxylation is 1. The van der Waals surface area contributed by atoms with Crippen LogP contribution in [0.4, 0.5) is 0 Å². The van der Waals surface area contributed by atoms with Crippen LogP contribution in [0.15, 0.2) is 18.2 Å². The van der Waals surface area contributed by atoms with Gasteiger partial charge in [-0.15, -0.1) is 0 Å². The van der Waals surface area contributed by atoms with Crippen molar-refractivity contribution in [3.8, 4) is 0 Å². The van der Waals surface area contributed by atoms with Crippen LogP contribution in [0.1, 0.15) is 36.0 Å². The lowest BCUT2D eigenvalue weighted by atomic mass is 10.0. The normalized spacial score (nSPS) is 21.0. The molecule has 2 rings (SSSR count). The Morgan fingerprint density at radius 1 is 1.50 bits per heavy atom. The first-order chi connectivity index (χ1) is 5.81. The highest BCUT2D eigenvalue weighted by Crippen LogP contribution is 2.33. The lowest BCUT2D eigenvalue weighted by Gasteiger charge is -2.04. The minimum atomic E-state index is 0.795. The van der Waals surface area contributed by atoms with Gasteiger partial charge >= 0.3 is 0 Å². The lowest BCUT2D eigenvalue weighted by molar-refractivity contribution is 0.747. The molecule has 0 nitrogen and oxygen atoms in total. The molecule has 0 amide bonds. The number of hydrogen-bond acceptors (Lipinski definition) is 0. The molecule has 0 saturated heterocycles. The highest BCUT2D eigenvalue weighted by Gasteiger charge is 2.17. The molecule has 1 heteroatoms. The molecule has 1 aliphatic rings. The molecule has 1 atom stereocenters. The summed E-state index contributed by atoms with van der Waals surface area (Å²) >= 11 is 2.42. The van der Waals surface area contributed by atoms with E-state index in [1.54, 1.807) is 11.1 Å². The van der Waals surface area contributed by atoms with E-state index in [1.165, 1.54) is 18.4 Å². The minimum Gasteiger partial charge on any atom is -0.0812 e. The Hall–Kier alpha value is -0.0500. The first-order valence-electron chi connectivity index (χ1n) is 4.49. The van der Waals surface area contributed by atoms with Gasteiger partial charge in [0.25, 0.3) is 0 Å². The Kier molecular flexibility index (Phi) is 2.40. The van der Waals surface area contributed by atoms with Crippen LogP contribution in [0.3, 0.4) is 0 Å². The van der Waals surface area contributed by atoms with Gasteiger partial charge in [-0.2, -0.15) is 0 Å². The van der Waals surface area contributed by atoms with E-state index in [-0.39, 0.29) is 0 Å². The van der Waals surface area contributed by atoms with Crippen molar-refractivity contribution in [2.45, 2.75) is 30.1 Å². The van der Waals surface area contributed by atoms with Crippen LogP contribution in [0.25, 0.3) is 0 Å². The second kappa shape index (κ2) is 3.36. The molecule has 0 heterocycles. The van der Waals surface area contributed by atoms with E-state index in [0.717, 1.165) is 10.3 Å². The number of hydrogen-bond donors (Lipinski definition) is 0. The van der Waals surface area contributed by atoms with Gasteiger partial charge in [0.15, 0.2) is 0 Å². The van der Waals surface area contributed by atoms with E-state index < -0.39 is 0 Å². The molecule has 0 bridgehead atoms. The molecule has 0 fully saturated rings. The molecule has 64 valence electrons. The number of alkyl halides is 1. The Morgan fingerprint density at radius 3 is 3.08 bits per heavy atom. The maximum atomic E-state index is 2.42. The van der Waals surface area contributed by atoms with Crippen molar-refractivity contribution in [3.05, 3.63) is 34.9 Å². The molecule has 0 aliphatic heterocycles. The van der Waals surface area contributed by atoms with Crippen molar-refractivity contribution in [1.82, 2.24) is 0 Å². The van der Waals surface area contributed by atoms with Gasteiger partial charge in [-0.3, -0.25) is 0 Å². The molecule has 0 N–H and O–H groups in total. The summed E-state index contributed by atoms with van der Waals surface area (Å²) in [5.74, 6) is 0.795. The fourth-order valence-electron chi connectivity index (χ4n) is 1.97. The molecular weight excluding hydrogens is 259 g/mol. The zero-order valence-electron chi connectivity index (χ0n) is 7.31. The van der Waals surface area contributed by atoms with Crippen molar-refractivity contribution in [3.63, 3.8) is 0 Å². The topological polar surface area (TPSA) is 0 Å². The van der Waals surface area contributed by atoms with Gasteiger partial charge < -0.3 is 0 Å². The zero-order valence-corrected chi connectivity index (χ0v) is 9.47. The van der Waals surface area contributed by atoms with E-state index in [0.29, 0.717) is 0 Å². The summed E-state index contributed by atoms with van der Waals surface area (Å²) in [4.78, 5) is 0. The van der Waals surface area contributed by atoms with Gasteiger partial charge in [-0.1, -0.05) is 47.7 Å². The van der Waals surface area contributed by atoms with Crippen LogP contribution in [-0.2, 0) is 10.8 Å². The van der Waals surface area contributed by atoms with Gasteiger partial charge in [0.1, 0.15) is 0 Å². The molecular formula is C11H13I. The average Bonchev–Trinajstić information content (AvgIpc) is 2.47. The van der Waals surface area contributed by atoms with Crippen molar-refractivity contribution >= 4 is 22.6 Å². The Bertz CT molecular complexity index is 291. The van der Waals surface area contributed by atoms with Gasteiger partial charge in [0.2, 0.25) is 0 Å². The molecule has 0 spiro atoms. The van der Waals surface area contributed by atoms with E-state index in [2.05, 4.69) is 47.7 Å². The number of fused-ring (bicyclic) bond motifs is 1. The fraction of sp³-hybridized carbons (Fsp3) is 0.455. The van der Waals surface area contributed by atoms with Gasteiger partial charge in [-0.25, -0.2) is 0 Å². The third kappa shape index (κ3) is 1.39. The summed E-state index contributed by atoms with van der Waals surface area (Å²) in [6.07, 6.45) is 2.64. The third-order valence-corrected chi connectivity index (χ3v) is 3.62. The monoisotopic (exact) mass is 272 g/mol. The summed E-state index contributed by atoms with van der Waals surface area (Å²) < 4.78 is 1.14. The first kappa shape index (κ1) is 8.54. The van der Waals surface area contributed by atoms with E-state index >= 15 is 0 Å². The van der Waals surface area contributed by atoms with Crippen LogP contribution in [0, 0.1) is 0 Å². The lowest BCUT2D eigenvalue weighted by Crippen LogP contribution is -1.87. The van der Waals surface area contributed by atoms with Crippen molar-refractivity contribution < 1.29 is 0 Å². The van der Waals surface area contributed by atoms with Crippen LogP contribution in [0.5, 0.6) is 0 Å². The second-order valence-corrected chi connectivity index (χ2v) is 4.37. The molecule has 1 aromatic rings. The molecule has 0 aromatic heterocycles. The zero-order chi connectivity index (χ0) is 8.55. The van der Waals surface area contributed by atoms with Crippen molar-refractivity contribution in [2.24, 2.45) is 0 Å². The SMILES string of the molecule is C[C@@H]1CCc2cc(CI)ccc21. The van der Waals surface area contributed by atoms with Crippen molar-refractivity contribution in [1.29, 1.82) is 0 Å². The summed E-state index contributed by atoms with van der Waals surface area (Å²) in [6.45, 7) is 2.33. The summed E-state index contributed by atoms with van der Waals surface area (Å²) in [7, 11) is 0. The summed E-state index contributed by atoms with van der Waals surface area (Å²) in [5, 5.41) is 0. The highest BCUT2D eigenvalue weighted by atomic mass is 127. The van der Waals surface area contributed by atoms with Gasteiger partial charge in [-0.05, 0) is 35.4 Å². The molecule has 0 radical (unpaired) electrons. The Morgan fingerprint density at radius 2 is 2.33 bits per heavy atom. The summed E-state index contributed by atoms with van der Waals surface area (Å²) in [5.41, 5.74) is 4.66. The largest absolute Gasteiger partial charge is 0.0812 e. The molecule has 12 heavy (non-hydrogen) atoms. The Labute approximate surface area is 87.5 Å². The van der Waals surface area contributed by atoms with Crippen LogP contribution in [0.2, 0.25) is 0 Å². The maximum Gasteiger partial charge on any atom is 0.0247 e. The molecule has 1 aliphatic carbocycles. The average molecular weight is 272 g/mol. The Balaban J connectivity index is 2.41. The van der Waals surface area contributed by atoms with Crippen LogP contribution in [-0.4, -0.2) is 0 Å². The molecule has 0 saturated carbocycles. The quantitative estimate of drug-likeness (QED) is 0.540. The van der Waals surface area contributed by atoms with E-state index in [4.69, 9.17) is 0 Å². The molecule has 0 unspecified atom stereocenters. The van der Waals surface area contributed by atoms with Gasteiger partial charge in [0, 0.05) is 4.43 Å². The van der Waals surface area contributed by atoms with E-state index in [1.807, 2.05) is 0 Å². The number of halogens is 1. The van der Waals surface area contributed by atoms with E-state index in [9.17, 15) is 0 Å². The predicted molar refractivity (Wildman–Crippen MR) is 60.9 cm³/mol.